The first-order valence-electron chi connectivity index (χ1n) is 7.29. The fourth-order valence-electron chi connectivity index (χ4n) is 2.16. The summed E-state index contributed by atoms with van der Waals surface area (Å²) in [6, 6.07) is 8.01. The van der Waals surface area contributed by atoms with Crippen LogP contribution in [0, 0.1) is 0 Å². The molecule has 0 atom stereocenters. The molecule has 3 rings (SSSR count). The molecule has 2 amide bonds. The van der Waals surface area contributed by atoms with E-state index in [2.05, 4.69) is 43.4 Å². The number of thiophene rings is 1. The first-order valence-corrected chi connectivity index (χ1v) is 8.17. The summed E-state index contributed by atoms with van der Waals surface area (Å²) in [5.41, 5.74) is 1.14. The average molecular weight is 327 g/mol. The van der Waals surface area contributed by atoms with Crippen LogP contribution in [-0.2, 0) is 6.54 Å². The number of aromatic nitrogens is 2. The van der Waals surface area contributed by atoms with Crippen LogP contribution in [0.15, 0.2) is 48.2 Å². The van der Waals surface area contributed by atoms with Gasteiger partial charge in [0.05, 0.1) is 6.20 Å². The Morgan fingerprint density at radius 3 is 2.91 bits per heavy atom. The van der Waals surface area contributed by atoms with E-state index in [1.165, 1.54) is 10.1 Å². The van der Waals surface area contributed by atoms with Gasteiger partial charge in [0.2, 0.25) is 0 Å². The zero-order valence-electron chi connectivity index (χ0n) is 12.5. The summed E-state index contributed by atoms with van der Waals surface area (Å²) >= 11 is 1.69. The molecule has 0 radical (unpaired) electrons. The fourth-order valence-corrected chi connectivity index (χ4v) is 3.13. The summed E-state index contributed by atoms with van der Waals surface area (Å²) in [5.74, 6) is 0.694. The molecule has 6 nitrogen and oxygen atoms in total. The van der Waals surface area contributed by atoms with Gasteiger partial charge >= 0.3 is 6.03 Å². The van der Waals surface area contributed by atoms with Gasteiger partial charge in [-0.25, -0.2) is 9.78 Å². The predicted octanol–water partition coefficient (Wildman–Crippen LogP) is 2.60. The molecule has 0 aliphatic heterocycles. The van der Waals surface area contributed by atoms with Gasteiger partial charge in [-0.05, 0) is 22.4 Å². The number of carbonyl (C=O) groups excluding carboxylic acids is 1. The van der Waals surface area contributed by atoms with Gasteiger partial charge in [-0.1, -0.05) is 18.2 Å². The lowest BCUT2D eigenvalue weighted by Crippen LogP contribution is -2.37. The van der Waals surface area contributed by atoms with Crippen molar-refractivity contribution in [3.8, 4) is 0 Å². The van der Waals surface area contributed by atoms with Gasteiger partial charge in [0, 0.05) is 36.7 Å². The van der Waals surface area contributed by atoms with E-state index < -0.39 is 0 Å². The summed E-state index contributed by atoms with van der Waals surface area (Å²) < 4.78 is 1.23. The highest BCUT2D eigenvalue weighted by molar-refractivity contribution is 7.17. The van der Waals surface area contributed by atoms with E-state index in [0.717, 1.165) is 5.56 Å². The van der Waals surface area contributed by atoms with E-state index in [0.29, 0.717) is 25.5 Å². The molecule has 118 valence electrons. The smallest absolute Gasteiger partial charge is 0.315 e. The van der Waals surface area contributed by atoms with Crippen LogP contribution >= 0.6 is 11.3 Å². The number of anilines is 1. The zero-order chi connectivity index (χ0) is 15.9. The minimum atomic E-state index is -0.179. The maximum absolute atomic E-state index is 11.8. The summed E-state index contributed by atoms with van der Waals surface area (Å²) in [5, 5.41) is 12.0. The van der Waals surface area contributed by atoms with Gasteiger partial charge in [-0.15, -0.1) is 11.3 Å². The van der Waals surface area contributed by atoms with E-state index in [9.17, 15) is 4.79 Å². The molecular formula is C16H17N5OS. The van der Waals surface area contributed by atoms with Gasteiger partial charge in [0.25, 0.3) is 0 Å². The second-order valence-electron chi connectivity index (χ2n) is 4.88. The molecule has 23 heavy (non-hydrogen) atoms. The molecule has 0 saturated heterocycles. The minimum Gasteiger partial charge on any atom is -0.367 e. The largest absolute Gasteiger partial charge is 0.367 e. The van der Waals surface area contributed by atoms with E-state index in [1.54, 1.807) is 29.9 Å². The summed E-state index contributed by atoms with van der Waals surface area (Å²) in [6.45, 7) is 1.62. The highest BCUT2D eigenvalue weighted by atomic mass is 32.1. The van der Waals surface area contributed by atoms with Crippen molar-refractivity contribution in [2.24, 2.45) is 0 Å². The number of amides is 2. The van der Waals surface area contributed by atoms with Crippen molar-refractivity contribution in [3.05, 3.63) is 53.8 Å². The Bertz CT molecular complexity index is 774. The number of hydrogen-bond acceptors (Lipinski definition) is 5. The fraction of sp³-hybridized carbons (Fsp3) is 0.188. The lowest BCUT2D eigenvalue weighted by atomic mass is 10.2. The molecule has 0 unspecified atom stereocenters. The van der Waals surface area contributed by atoms with E-state index in [-0.39, 0.29) is 6.03 Å². The SMILES string of the molecule is O=C(NCCNc1cnccn1)NCc1csc2ccccc12. The number of rotatable bonds is 6. The standard InChI is InChI=1S/C16H17N5OS/c22-16(20-8-7-19-15-10-17-5-6-18-15)21-9-12-11-23-14-4-2-1-3-13(12)14/h1-6,10-11H,7-9H2,(H,18,19)(H2,20,21,22). The lowest BCUT2D eigenvalue weighted by molar-refractivity contribution is 0.241. The minimum absolute atomic E-state index is 0.179. The highest BCUT2D eigenvalue weighted by Crippen LogP contribution is 2.25. The second kappa shape index (κ2) is 7.55. The number of nitrogens with zero attached hydrogens (tertiary/aromatic N) is 2. The molecular weight excluding hydrogens is 310 g/mol. The Labute approximate surface area is 138 Å². The first kappa shape index (κ1) is 15.2. The topological polar surface area (TPSA) is 78.9 Å². The monoisotopic (exact) mass is 327 g/mol. The average Bonchev–Trinajstić information content (AvgIpc) is 3.01. The molecule has 0 aliphatic rings. The van der Waals surface area contributed by atoms with Crippen LogP contribution in [-0.4, -0.2) is 29.1 Å². The number of urea groups is 1. The second-order valence-corrected chi connectivity index (χ2v) is 5.80. The van der Waals surface area contributed by atoms with E-state index >= 15 is 0 Å². The number of nitrogens with one attached hydrogen (secondary N) is 3. The third-order valence-corrected chi connectivity index (χ3v) is 4.29. The van der Waals surface area contributed by atoms with Crippen LogP contribution in [0.5, 0.6) is 0 Å². The Balaban J connectivity index is 1.40. The summed E-state index contributed by atoms with van der Waals surface area (Å²) in [6.07, 6.45) is 4.88. The predicted molar refractivity (Wildman–Crippen MR) is 92.6 cm³/mol. The Hall–Kier alpha value is -2.67. The van der Waals surface area contributed by atoms with Crippen molar-refractivity contribution in [2.45, 2.75) is 6.54 Å². The molecule has 7 heteroatoms. The van der Waals surface area contributed by atoms with Crippen LogP contribution in [0.2, 0.25) is 0 Å². The molecule has 0 saturated carbocycles. The number of fused-ring (bicyclic) bond motifs is 1. The van der Waals surface area contributed by atoms with Gasteiger partial charge in [0.1, 0.15) is 5.82 Å². The van der Waals surface area contributed by atoms with Crippen molar-refractivity contribution in [1.82, 2.24) is 20.6 Å². The van der Waals surface area contributed by atoms with Gasteiger partial charge in [-0.2, -0.15) is 0 Å². The molecule has 3 aromatic rings. The van der Waals surface area contributed by atoms with Crippen molar-refractivity contribution in [3.63, 3.8) is 0 Å². The molecule has 1 aromatic carbocycles. The number of benzene rings is 1. The van der Waals surface area contributed by atoms with Crippen LogP contribution in [0.1, 0.15) is 5.56 Å². The lowest BCUT2D eigenvalue weighted by Gasteiger charge is -2.08. The molecule has 0 aliphatic carbocycles. The van der Waals surface area contributed by atoms with Crippen LogP contribution < -0.4 is 16.0 Å². The highest BCUT2D eigenvalue weighted by Gasteiger charge is 2.05. The third-order valence-electron chi connectivity index (χ3n) is 3.28. The normalized spacial score (nSPS) is 10.4. The van der Waals surface area contributed by atoms with Crippen molar-refractivity contribution >= 4 is 33.3 Å². The molecule has 2 heterocycles. The Kier molecular flexibility index (Phi) is 5.00. The Morgan fingerprint density at radius 1 is 1.13 bits per heavy atom. The van der Waals surface area contributed by atoms with E-state index in [1.807, 2.05) is 12.1 Å². The molecule has 0 bridgehead atoms. The van der Waals surface area contributed by atoms with Gasteiger partial charge < -0.3 is 16.0 Å². The Morgan fingerprint density at radius 2 is 2.04 bits per heavy atom. The maximum atomic E-state index is 11.8. The first-order chi connectivity index (χ1) is 11.3. The molecule has 0 spiro atoms. The van der Waals surface area contributed by atoms with Crippen molar-refractivity contribution in [1.29, 1.82) is 0 Å². The number of carbonyl (C=O) groups is 1. The van der Waals surface area contributed by atoms with Gasteiger partial charge in [0.15, 0.2) is 0 Å². The van der Waals surface area contributed by atoms with Crippen LogP contribution in [0.3, 0.4) is 0 Å². The third kappa shape index (κ3) is 4.17. The summed E-state index contributed by atoms with van der Waals surface area (Å²) in [4.78, 5) is 19.9. The van der Waals surface area contributed by atoms with E-state index in [4.69, 9.17) is 0 Å². The van der Waals surface area contributed by atoms with Crippen molar-refractivity contribution < 1.29 is 4.79 Å². The maximum Gasteiger partial charge on any atom is 0.315 e. The molecule has 3 N–H and O–H groups in total. The van der Waals surface area contributed by atoms with Crippen LogP contribution in [0.25, 0.3) is 10.1 Å². The van der Waals surface area contributed by atoms with Crippen LogP contribution in [0.4, 0.5) is 10.6 Å². The zero-order valence-corrected chi connectivity index (χ0v) is 13.3. The van der Waals surface area contributed by atoms with Crippen molar-refractivity contribution in [2.75, 3.05) is 18.4 Å². The molecule has 2 aromatic heterocycles. The van der Waals surface area contributed by atoms with Gasteiger partial charge in [-0.3, -0.25) is 4.98 Å². The number of hydrogen-bond donors (Lipinski definition) is 3. The summed E-state index contributed by atoms with van der Waals surface area (Å²) in [7, 11) is 0. The quantitative estimate of drug-likeness (QED) is 0.608. The molecule has 0 fully saturated rings.